The summed E-state index contributed by atoms with van der Waals surface area (Å²) in [6, 6.07) is 0. The minimum absolute atomic E-state index is 0.0542. The first-order chi connectivity index (χ1) is 22.0. The zero-order valence-electron chi connectivity index (χ0n) is 27.9. The van der Waals surface area contributed by atoms with Crippen LogP contribution in [0, 0.1) is 0 Å². The lowest BCUT2D eigenvalue weighted by Gasteiger charge is -2.34. The van der Waals surface area contributed by atoms with Crippen molar-refractivity contribution in [3.8, 4) is 0 Å². The van der Waals surface area contributed by atoms with Crippen LogP contribution in [0.15, 0.2) is 0 Å². The van der Waals surface area contributed by atoms with E-state index < -0.39 is 73.1 Å². The van der Waals surface area contributed by atoms with Crippen LogP contribution in [-0.2, 0) is 32.7 Å². The first kappa shape index (κ1) is 47.2. The van der Waals surface area contributed by atoms with Gasteiger partial charge in [0.25, 0.3) is 0 Å². The summed E-state index contributed by atoms with van der Waals surface area (Å²) in [5.74, 6) is -0.583. The number of nitrogens with zero attached hydrogens (tertiary/aromatic N) is 1. The molecule has 0 saturated carbocycles. The first-order valence-corrected chi connectivity index (χ1v) is 22.7. The van der Waals surface area contributed by atoms with E-state index in [1.165, 1.54) is 83.5 Å². The minimum Gasteiger partial charge on any atom is -0.366 e. The highest BCUT2D eigenvalue weighted by atomic mass is 79.9. The molecule has 0 atom stereocenters. The van der Waals surface area contributed by atoms with Crippen molar-refractivity contribution in [1.82, 2.24) is 9.24 Å². The van der Waals surface area contributed by atoms with Crippen LogP contribution in [0.3, 0.4) is 0 Å². The molecule has 0 radical (unpaired) electrons. The van der Waals surface area contributed by atoms with E-state index in [4.69, 9.17) is 43.6 Å². The highest BCUT2D eigenvalue weighted by molar-refractivity contribution is 9.07. The maximum absolute atomic E-state index is 12.9. The van der Waals surface area contributed by atoms with Crippen molar-refractivity contribution in [3.63, 3.8) is 0 Å². The molecule has 0 unspecified atom stereocenters. The Kier molecular flexibility index (Phi) is 27.1. The van der Waals surface area contributed by atoms with Crippen LogP contribution in [-0.4, -0.2) is 96.7 Å². The Morgan fingerprint density at radius 3 is 1.23 bits per heavy atom. The van der Waals surface area contributed by atoms with E-state index in [1.807, 2.05) is 0 Å². The molecule has 0 bridgehead atoms. The van der Waals surface area contributed by atoms with Crippen LogP contribution in [0.4, 0.5) is 0 Å². The van der Waals surface area contributed by atoms with E-state index in [-0.39, 0.29) is 13.0 Å². The maximum atomic E-state index is 12.9. The van der Waals surface area contributed by atoms with Gasteiger partial charge in [-0.05, 0) is 6.42 Å². The number of carbonyl (C=O) groups is 1. The number of ether oxygens (including phenoxy) is 3. The van der Waals surface area contributed by atoms with Crippen molar-refractivity contribution in [2.24, 2.45) is 0 Å². The Labute approximate surface area is 289 Å². The second kappa shape index (κ2) is 27.0. The summed E-state index contributed by atoms with van der Waals surface area (Å²) in [6.07, 6.45) is 17.1. The van der Waals surface area contributed by atoms with Crippen LogP contribution in [0.5, 0.6) is 0 Å². The summed E-state index contributed by atoms with van der Waals surface area (Å²) in [7, 11) is -13.9. The Balaban J connectivity index is 4.54. The highest BCUT2D eigenvalue weighted by Crippen LogP contribution is 2.36. The molecular formula is C28H60BrN2O13P3. The number of nitrogens with one attached hydrogen (secondary N) is 1. The normalized spacial score (nSPS) is 13.0. The molecule has 0 aromatic heterocycles. The molecule has 0 spiro atoms. The molecule has 0 aliphatic heterocycles. The number of hydrogen-bond donors (Lipinski definition) is 7. The van der Waals surface area contributed by atoms with Crippen LogP contribution in [0.1, 0.15) is 116 Å². The van der Waals surface area contributed by atoms with E-state index in [1.54, 1.807) is 3.93 Å². The monoisotopic (exact) mass is 804 g/mol. The topological polar surface area (TPSA) is 233 Å². The summed E-state index contributed by atoms with van der Waals surface area (Å²) < 4.78 is 50.8. The zero-order chi connectivity index (χ0) is 35.7. The molecule has 0 fully saturated rings. The SMILES string of the molecule is CCCCCCCCCCCCCCCCCCN(Br)CCC(=O)NC(COCP(=O)(O)O)(COCP(=O)(O)O)COCP(=O)(O)O. The average Bonchev–Trinajstić information content (AvgIpc) is 2.93. The third kappa shape index (κ3) is 33.2. The highest BCUT2D eigenvalue weighted by Gasteiger charge is 2.36. The van der Waals surface area contributed by atoms with Gasteiger partial charge in [0.15, 0.2) is 0 Å². The number of unbranched alkanes of at least 4 members (excludes halogenated alkanes) is 15. The fourth-order valence-corrected chi connectivity index (χ4v) is 6.25. The van der Waals surface area contributed by atoms with E-state index in [0.717, 1.165) is 19.3 Å². The van der Waals surface area contributed by atoms with Crippen molar-refractivity contribution in [2.45, 2.75) is 122 Å². The van der Waals surface area contributed by atoms with E-state index in [9.17, 15) is 18.5 Å². The minimum atomic E-state index is -4.63. The second-order valence-corrected chi connectivity index (χ2v) is 18.0. The molecule has 1 amide bonds. The molecule has 19 heteroatoms. The van der Waals surface area contributed by atoms with Gasteiger partial charge in [0, 0.05) is 35.7 Å². The Morgan fingerprint density at radius 1 is 0.596 bits per heavy atom. The molecule has 0 aliphatic carbocycles. The molecule has 0 aromatic carbocycles. The van der Waals surface area contributed by atoms with E-state index in [0.29, 0.717) is 6.54 Å². The van der Waals surface area contributed by atoms with Crippen molar-refractivity contribution in [2.75, 3.05) is 52.0 Å². The molecule has 0 saturated heterocycles. The Bertz CT molecular complexity index is 879. The fraction of sp³-hybridized carbons (Fsp3) is 0.964. The number of hydrogen-bond acceptors (Lipinski definition) is 8. The molecule has 282 valence electrons. The Hall–Kier alpha value is 0.240. The van der Waals surface area contributed by atoms with Gasteiger partial charge in [-0.2, -0.15) is 0 Å². The summed E-state index contributed by atoms with van der Waals surface area (Å²) >= 11 is 3.44. The lowest BCUT2D eigenvalue weighted by molar-refractivity contribution is -0.126. The lowest BCUT2D eigenvalue weighted by Crippen LogP contribution is -2.59. The largest absolute Gasteiger partial charge is 0.366 e. The fourth-order valence-electron chi connectivity index (χ4n) is 4.84. The summed E-state index contributed by atoms with van der Waals surface area (Å²) in [5, 5.41) is 2.55. The smallest absolute Gasteiger partial charge is 0.350 e. The third-order valence-corrected chi connectivity index (χ3v) is 9.42. The molecule has 0 aromatic rings. The van der Waals surface area contributed by atoms with E-state index >= 15 is 0 Å². The molecule has 15 nitrogen and oxygen atoms in total. The zero-order valence-corrected chi connectivity index (χ0v) is 32.2. The molecule has 0 rings (SSSR count). The van der Waals surface area contributed by atoms with Gasteiger partial charge in [-0.1, -0.05) is 103 Å². The predicted molar refractivity (Wildman–Crippen MR) is 184 cm³/mol. The predicted octanol–water partition coefficient (Wildman–Crippen LogP) is 5.56. The van der Waals surface area contributed by atoms with Gasteiger partial charge in [0.2, 0.25) is 5.91 Å². The number of carbonyl (C=O) groups excluding carboxylic acids is 1. The second-order valence-electron chi connectivity index (χ2n) is 12.2. The number of amides is 1. The molecule has 0 heterocycles. The van der Waals surface area contributed by atoms with Crippen LogP contribution in [0.25, 0.3) is 0 Å². The van der Waals surface area contributed by atoms with Crippen LogP contribution >= 0.6 is 38.9 Å². The summed E-state index contributed by atoms with van der Waals surface area (Å²) in [5.41, 5.74) is -1.78. The van der Waals surface area contributed by atoms with Gasteiger partial charge < -0.3 is 48.9 Å². The van der Waals surface area contributed by atoms with Gasteiger partial charge in [-0.3, -0.25) is 18.5 Å². The van der Waals surface area contributed by atoms with Gasteiger partial charge >= 0.3 is 22.8 Å². The van der Waals surface area contributed by atoms with Crippen molar-refractivity contribution >= 4 is 44.8 Å². The number of rotatable bonds is 33. The van der Waals surface area contributed by atoms with Gasteiger partial charge in [-0.25, -0.2) is 3.93 Å². The molecular weight excluding hydrogens is 745 g/mol. The third-order valence-electron chi connectivity index (χ3n) is 7.15. The molecule has 0 aliphatic rings. The molecule has 47 heavy (non-hydrogen) atoms. The first-order valence-electron chi connectivity index (χ1n) is 16.6. The van der Waals surface area contributed by atoms with Gasteiger partial charge in [0.05, 0.1) is 19.8 Å². The summed E-state index contributed by atoms with van der Waals surface area (Å²) in [4.78, 5) is 67.7. The lowest BCUT2D eigenvalue weighted by atomic mass is 10.0. The standard InChI is InChI=1S/C28H60BrN2O13P3/c1-2-3-4-5-6-7-8-9-10-11-12-13-14-15-16-17-19-31(29)20-18-27(32)30-28(21-42-24-45(33,34)35,22-43-25-46(36,37)38)23-44-26-47(39,40)41/h2-26H2,1H3,(H,30,32)(H2,33,34,35)(H2,36,37,38)(H2,39,40,41). The molecule has 7 N–H and O–H groups in total. The maximum Gasteiger partial charge on any atom is 0.350 e. The van der Waals surface area contributed by atoms with Crippen molar-refractivity contribution < 1.29 is 62.1 Å². The van der Waals surface area contributed by atoms with Crippen LogP contribution < -0.4 is 5.32 Å². The summed E-state index contributed by atoms with van der Waals surface area (Å²) in [6.45, 7) is 1.28. The van der Waals surface area contributed by atoms with Gasteiger partial charge in [-0.15, -0.1) is 0 Å². The quantitative estimate of drug-likeness (QED) is 0.0245. The van der Waals surface area contributed by atoms with Crippen molar-refractivity contribution in [1.29, 1.82) is 0 Å². The van der Waals surface area contributed by atoms with E-state index in [2.05, 4.69) is 28.4 Å². The van der Waals surface area contributed by atoms with Crippen LogP contribution in [0.2, 0.25) is 0 Å². The van der Waals surface area contributed by atoms with Crippen molar-refractivity contribution in [3.05, 3.63) is 0 Å². The number of halogens is 1. The Morgan fingerprint density at radius 2 is 0.915 bits per heavy atom. The average molecular weight is 806 g/mol. The van der Waals surface area contributed by atoms with Gasteiger partial charge in [0.1, 0.15) is 24.6 Å².